The molecule has 0 spiro atoms. The second kappa shape index (κ2) is 3.53. The molecule has 0 aliphatic carbocycles. The van der Waals surface area contributed by atoms with Crippen molar-refractivity contribution in [2.45, 2.75) is 26.8 Å². The normalized spacial score (nSPS) is 11.1. The number of hydrogen-bond donors (Lipinski definition) is 0. The molecule has 0 saturated heterocycles. The summed E-state index contributed by atoms with van der Waals surface area (Å²) in [6.45, 7) is 6.36. The fraction of sp³-hybridized carbons (Fsp3) is 0.714. The Balaban J connectivity index is 3.47. The maximum absolute atomic E-state index is 2.17. The third-order valence-electron chi connectivity index (χ3n) is 1.20. The van der Waals surface area contributed by atoms with Gasteiger partial charge in [0.1, 0.15) is 0 Å². The molecule has 0 bridgehead atoms. The second-order valence-electron chi connectivity index (χ2n) is 2.24. The highest BCUT2D eigenvalue weighted by molar-refractivity contribution is 4.77. The summed E-state index contributed by atoms with van der Waals surface area (Å²) in [6.07, 6.45) is 4.12. The van der Waals surface area contributed by atoms with E-state index in [4.69, 9.17) is 0 Å². The third-order valence-corrected chi connectivity index (χ3v) is 1.20. The number of nitrogens with zero attached hydrogens (tertiary/aromatic N) is 1. The predicted molar refractivity (Wildman–Crippen MR) is 37.7 cm³/mol. The van der Waals surface area contributed by atoms with Gasteiger partial charge in [0.15, 0.2) is 0 Å². The van der Waals surface area contributed by atoms with Crippen LogP contribution in [0.1, 0.15) is 20.8 Å². The van der Waals surface area contributed by atoms with E-state index in [1.165, 1.54) is 0 Å². The predicted octanol–water partition coefficient (Wildman–Crippen LogP) is 1.86. The van der Waals surface area contributed by atoms with Crippen LogP contribution in [0.5, 0.6) is 0 Å². The van der Waals surface area contributed by atoms with Gasteiger partial charge in [-0.15, -0.1) is 0 Å². The summed E-state index contributed by atoms with van der Waals surface area (Å²) in [4.78, 5) is 2.17. The Morgan fingerprint density at radius 1 is 1.38 bits per heavy atom. The minimum absolute atomic E-state index is 0.617. The van der Waals surface area contributed by atoms with E-state index in [9.17, 15) is 0 Å². The van der Waals surface area contributed by atoms with E-state index < -0.39 is 0 Å². The summed E-state index contributed by atoms with van der Waals surface area (Å²) >= 11 is 0. The molecule has 0 unspecified atom stereocenters. The van der Waals surface area contributed by atoms with E-state index in [0.29, 0.717) is 6.04 Å². The monoisotopic (exact) mass is 113 g/mol. The first kappa shape index (κ1) is 7.54. The summed E-state index contributed by atoms with van der Waals surface area (Å²) < 4.78 is 0. The van der Waals surface area contributed by atoms with Gasteiger partial charge in [0.05, 0.1) is 0 Å². The molecule has 1 nitrogen and oxygen atoms in total. The van der Waals surface area contributed by atoms with Crippen molar-refractivity contribution in [3.05, 3.63) is 12.3 Å². The Bertz CT molecular complexity index is 74.5. The Morgan fingerprint density at radius 3 is 2.00 bits per heavy atom. The maximum Gasteiger partial charge on any atom is 0.0224 e. The van der Waals surface area contributed by atoms with Gasteiger partial charge in [0, 0.05) is 13.1 Å². The summed E-state index contributed by atoms with van der Waals surface area (Å²) in [5.74, 6) is 0. The molecule has 0 saturated carbocycles. The summed E-state index contributed by atoms with van der Waals surface area (Å²) in [5.41, 5.74) is 0. The lowest BCUT2D eigenvalue weighted by atomic mass is 10.4. The van der Waals surface area contributed by atoms with Crippen LogP contribution in [0.3, 0.4) is 0 Å². The molecule has 0 aliphatic heterocycles. The molecule has 0 N–H and O–H groups in total. The van der Waals surface area contributed by atoms with Crippen molar-refractivity contribution in [2.24, 2.45) is 0 Å². The maximum atomic E-state index is 2.17. The third kappa shape index (κ3) is 2.67. The van der Waals surface area contributed by atoms with E-state index in [-0.39, 0.29) is 0 Å². The van der Waals surface area contributed by atoms with Gasteiger partial charge in [-0.1, -0.05) is 6.08 Å². The van der Waals surface area contributed by atoms with Crippen molar-refractivity contribution in [1.29, 1.82) is 0 Å². The molecule has 0 aromatic rings. The lowest BCUT2D eigenvalue weighted by Gasteiger charge is -2.17. The first-order valence-corrected chi connectivity index (χ1v) is 3.03. The first-order chi connectivity index (χ1) is 3.68. The molecule has 0 aromatic carbocycles. The Hall–Kier alpha value is -0.460. The number of allylic oxidation sites excluding steroid dienone is 1. The van der Waals surface area contributed by atoms with E-state index in [1.54, 1.807) is 0 Å². The van der Waals surface area contributed by atoms with Crippen LogP contribution in [-0.2, 0) is 0 Å². The van der Waals surface area contributed by atoms with Crippen LogP contribution < -0.4 is 0 Å². The molecule has 0 atom stereocenters. The fourth-order valence-electron chi connectivity index (χ4n) is 0.407. The minimum atomic E-state index is 0.617. The van der Waals surface area contributed by atoms with Crippen molar-refractivity contribution in [2.75, 3.05) is 7.05 Å². The molecule has 0 aromatic heterocycles. The molecular weight excluding hydrogens is 98.1 g/mol. The van der Waals surface area contributed by atoms with Crippen molar-refractivity contribution < 1.29 is 0 Å². The molecule has 0 heterocycles. The zero-order chi connectivity index (χ0) is 6.57. The SMILES string of the molecule is C/C=C/N(C)C(C)C. The average Bonchev–Trinajstić information content (AvgIpc) is 1.67. The van der Waals surface area contributed by atoms with Gasteiger partial charge in [0.2, 0.25) is 0 Å². The van der Waals surface area contributed by atoms with Gasteiger partial charge < -0.3 is 4.90 Å². The molecule has 0 radical (unpaired) electrons. The van der Waals surface area contributed by atoms with E-state index >= 15 is 0 Å². The topological polar surface area (TPSA) is 3.24 Å². The highest BCUT2D eigenvalue weighted by atomic mass is 15.1. The zero-order valence-corrected chi connectivity index (χ0v) is 6.18. The quantitative estimate of drug-likeness (QED) is 0.528. The van der Waals surface area contributed by atoms with E-state index in [1.807, 2.05) is 13.0 Å². The zero-order valence-electron chi connectivity index (χ0n) is 6.18. The van der Waals surface area contributed by atoms with Crippen LogP contribution in [0, 0.1) is 0 Å². The fourth-order valence-corrected chi connectivity index (χ4v) is 0.407. The second-order valence-corrected chi connectivity index (χ2v) is 2.24. The van der Waals surface area contributed by atoms with Crippen molar-refractivity contribution in [1.82, 2.24) is 4.90 Å². The molecular formula is C7H15N. The van der Waals surface area contributed by atoms with Crippen LogP contribution in [-0.4, -0.2) is 18.0 Å². The number of rotatable bonds is 2. The van der Waals surface area contributed by atoms with Crippen LogP contribution in [0.2, 0.25) is 0 Å². The van der Waals surface area contributed by atoms with Gasteiger partial charge in [-0.2, -0.15) is 0 Å². The van der Waals surface area contributed by atoms with Crippen LogP contribution >= 0.6 is 0 Å². The smallest absolute Gasteiger partial charge is 0.0224 e. The summed E-state index contributed by atoms with van der Waals surface area (Å²) in [6, 6.07) is 0.617. The Kier molecular flexibility index (Phi) is 3.33. The first-order valence-electron chi connectivity index (χ1n) is 3.03. The Labute approximate surface area is 52.0 Å². The van der Waals surface area contributed by atoms with Crippen molar-refractivity contribution in [3.63, 3.8) is 0 Å². The number of hydrogen-bond acceptors (Lipinski definition) is 1. The molecule has 1 heteroatoms. The molecule has 0 aliphatic rings. The summed E-state index contributed by atoms with van der Waals surface area (Å²) in [7, 11) is 2.07. The van der Waals surface area contributed by atoms with Crippen LogP contribution in [0.25, 0.3) is 0 Å². The lowest BCUT2D eigenvalue weighted by molar-refractivity contribution is 0.375. The van der Waals surface area contributed by atoms with Gasteiger partial charge in [-0.25, -0.2) is 0 Å². The molecule has 8 heavy (non-hydrogen) atoms. The molecule has 48 valence electrons. The minimum Gasteiger partial charge on any atom is -0.378 e. The van der Waals surface area contributed by atoms with Gasteiger partial charge in [0.25, 0.3) is 0 Å². The van der Waals surface area contributed by atoms with Crippen molar-refractivity contribution in [3.8, 4) is 0 Å². The molecule has 0 amide bonds. The van der Waals surface area contributed by atoms with Crippen LogP contribution in [0.15, 0.2) is 12.3 Å². The van der Waals surface area contributed by atoms with Gasteiger partial charge in [-0.05, 0) is 27.0 Å². The van der Waals surface area contributed by atoms with Crippen LogP contribution in [0.4, 0.5) is 0 Å². The standard InChI is InChI=1S/C7H15N/c1-5-6-8(4)7(2)3/h5-7H,1-4H3/b6-5+. The average molecular weight is 113 g/mol. The van der Waals surface area contributed by atoms with Gasteiger partial charge in [-0.3, -0.25) is 0 Å². The molecule has 0 rings (SSSR count). The van der Waals surface area contributed by atoms with E-state index in [0.717, 1.165) is 0 Å². The summed E-state index contributed by atoms with van der Waals surface area (Å²) in [5, 5.41) is 0. The Morgan fingerprint density at radius 2 is 1.88 bits per heavy atom. The highest BCUT2D eigenvalue weighted by Crippen LogP contribution is 1.92. The highest BCUT2D eigenvalue weighted by Gasteiger charge is 1.92. The van der Waals surface area contributed by atoms with Gasteiger partial charge >= 0.3 is 0 Å². The van der Waals surface area contributed by atoms with E-state index in [2.05, 4.69) is 32.0 Å². The molecule has 0 fully saturated rings. The van der Waals surface area contributed by atoms with Crippen molar-refractivity contribution >= 4 is 0 Å². The lowest BCUT2D eigenvalue weighted by Crippen LogP contribution is -2.19. The largest absolute Gasteiger partial charge is 0.378 e.